The molecular formula is C15H29N3O2S. The summed E-state index contributed by atoms with van der Waals surface area (Å²) >= 11 is 0. The lowest BCUT2D eigenvalue weighted by molar-refractivity contribution is 0.209. The smallest absolute Gasteiger partial charge is 0.282 e. The average Bonchev–Trinajstić information content (AvgIpc) is 2.98. The first-order valence-corrected chi connectivity index (χ1v) is 9.96. The van der Waals surface area contributed by atoms with Gasteiger partial charge >= 0.3 is 0 Å². The van der Waals surface area contributed by atoms with Crippen LogP contribution in [0, 0.1) is 11.8 Å². The fourth-order valence-corrected chi connectivity index (χ4v) is 6.34. The van der Waals surface area contributed by atoms with Crippen molar-refractivity contribution >= 4 is 10.2 Å². The van der Waals surface area contributed by atoms with E-state index in [1.807, 2.05) is 4.31 Å². The van der Waals surface area contributed by atoms with Crippen LogP contribution in [0.2, 0.25) is 0 Å². The van der Waals surface area contributed by atoms with Crippen molar-refractivity contribution < 1.29 is 8.42 Å². The molecule has 6 heteroatoms. The quantitative estimate of drug-likeness (QED) is 0.857. The molecule has 1 N–H and O–H groups in total. The topological polar surface area (TPSA) is 52.7 Å². The zero-order valence-corrected chi connectivity index (χ0v) is 13.9. The lowest BCUT2D eigenvalue weighted by Gasteiger charge is -2.38. The number of hydrogen-bond acceptors (Lipinski definition) is 3. The Bertz CT molecular complexity index is 448. The summed E-state index contributed by atoms with van der Waals surface area (Å²) in [4.78, 5) is 0. The van der Waals surface area contributed by atoms with Crippen molar-refractivity contribution in [1.29, 1.82) is 0 Å². The van der Waals surface area contributed by atoms with Gasteiger partial charge in [0.05, 0.1) is 0 Å². The van der Waals surface area contributed by atoms with Gasteiger partial charge in [0.2, 0.25) is 0 Å². The van der Waals surface area contributed by atoms with Gasteiger partial charge in [-0.1, -0.05) is 6.92 Å². The van der Waals surface area contributed by atoms with Crippen molar-refractivity contribution in [2.45, 2.75) is 51.5 Å². The van der Waals surface area contributed by atoms with E-state index in [1.54, 1.807) is 4.31 Å². The summed E-state index contributed by atoms with van der Waals surface area (Å²) in [5.74, 6) is 1.04. The summed E-state index contributed by atoms with van der Waals surface area (Å²) in [6, 6.07) is 0.245. The highest BCUT2D eigenvalue weighted by Gasteiger charge is 2.42. The van der Waals surface area contributed by atoms with E-state index >= 15 is 0 Å². The minimum Gasteiger partial charge on any atom is -0.317 e. The molecule has 3 aliphatic rings. The molecule has 3 aliphatic heterocycles. The Morgan fingerprint density at radius 1 is 1.00 bits per heavy atom. The van der Waals surface area contributed by atoms with Crippen molar-refractivity contribution in [2.75, 3.05) is 32.7 Å². The first-order valence-electron chi connectivity index (χ1n) is 8.56. The molecule has 21 heavy (non-hydrogen) atoms. The van der Waals surface area contributed by atoms with Gasteiger partial charge in [-0.2, -0.15) is 17.0 Å². The van der Waals surface area contributed by atoms with Crippen LogP contribution in [-0.2, 0) is 10.2 Å². The van der Waals surface area contributed by atoms with E-state index in [-0.39, 0.29) is 6.04 Å². The van der Waals surface area contributed by atoms with Crippen molar-refractivity contribution in [3.63, 3.8) is 0 Å². The molecular weight excluding hydrogens is 286 g/mol. The predicted molar refractivity (Wildman–Crippen MR) is 84.2 cm³/mol. The lowest BCUT2D eigenvalue weighted by atomic mass is 9.89. The predicted octanol–water partition coefficient (Wildman–Crippen LogP) is 1.43. The Morgan fingerprint density at radius 2 is 1.71 bits per heavy atom. The standard InChI is InChI=1S/C15H29N3O2S/c1-13-4-2-10-17(12-13)21(19,20)18-11-3-5-15(18)14-6-8-16-9-7-14/h13-16H,2-12H2,1H3. The normalized spacial score (nSPS) is 34.3. The van der Waals surface area contributed by atoms with Gasteiger partial charge in [-0.25, -0.2) is 0 Å². The second-order valence-electron chi connectivity index (χ2n) is 7.02. The fourth-order valence-electron chi connectivity index (χ4n) is 4.26. The maximum absolute atomic E-state index is 13.0. The first kappa shape index (κ1) is 15.7. The van der Waals surface area contributed by atoms with Gasteiger partial charge in [-0.3, -0.25) is 0 Å². The summed E-state index contributed by atoms with van der Waals surface area (Å²) in [7, 11) is -3.25. The summed E-state index contributed by atoms with van der Waals surface area (Å²) in [5, 5.41) is 3.38. The van der Waals surface area contributed by atoms with Crippen LogP contribution < -0.4 is 5.32 Å². The van der Waals surface area contributed by atoms with Gasteiger partial charge in [0.1, 0.15) is 0 Å². The third-order valence-electron chi connectivity index (χ3n) is 5.42. The lowest BCUT2D eigenvalue weighted by Crippen LogP contribution is -2.51. The summed E-state index contributed by atoms with van der Waals surface area (Å²) in [6.07, 6.45) is 6.47. The van der Waals surface area contributed by atoms with Crippen LogP contribution in [0.3, 0.4) is 0 Å². The number of nitrogens with one attached hydrogen (secondary N) is 1. The Kier molecular flexibility index (Phi) is 4.88. The first-order chi connectivity index (χ1) is 10.1. The van der Waals surface area contributed by atoms with E-state index in [9.17, 15) is 8.42 Å². The van der Waals surface area contributed by atoms with E-state index in [2.05, 4.69) is 12.2 Å². The van der Waals surface area contributed by atoms with Crippen molar-refractivity contribution in [2.24, 2.45) is 11.8 Å². The second kappa shape index (κ2) is 6.52. The molecule has 2 unspecified atom stereocenters. The molecule has 5 nitrogen and oxygen atoms in total. The monoisotopic (exact) mass is 315 g/mol. The number of hydrogen-bond donors (Lipinski definition) is 1. The SMILES string of the molecule is CC1CCCN(S(=O)(=O)N2CCCC2C2CCNCC2)C1. The van der Waals surface area contributed by atoms with E-state index < -0.39 is 10.2 Å². The molecule has 3 heterocycles. The maximum Gasteiger partial charge on any atom is 0.282 e. The van der Waals surface area contributed by atoms with E-state index in [1.165, 1.54) is 0 Å². The van der Waals surface area contributed by atoms with E-state index in [0.717, 1.165) is 58.2 Å². The minimum atomic E-state index is -3.25. The van der Waals surface area contributed by atoms with Crippen LogP contribution in [0.25, 0.3) is 0 Å². The molecule has 0 aromatic heterocycles. The highest BCUT2D eigenvalue weighted by molar-refractivity contribution is 7.86. The van der Waals surface area contributed by atoms with Crippen LogP contribution in [0.5, 0.6) is 0 Å². The van der Waals surface area contributed by atoms with Crippen molar-refractivity contribution in [1.82, 2.24) is 13.9 Å². The van der Waals surface area contributed by atoms with E-state index in [0.29, 0.717) is 24.9 Å². The molecule has 0 bridgehead atoms. The van der Waals surface area contributed by atoms with Gasteiger partial charge in [0, 0.05) is 25.7 Å². The third kappa shape index (κ3) is 3.28. The molecule has 0 amide bonds. The van der Waals surface area contributed by atoms with Crippen LogP contribution in [-0.4, -0.2) is 55.8 Å². The minimum absolute atomic E-state index is 0.245. The Hall–Kier alpha value is -0.170. The zero-order valence-electron chi connectivity index (χ0n) is 13.1. The molecule has 3 fully saturated rings. The Balaban J connectivity index is 1.73. The number of piperidine rings is 2. The molecule has 0 aliphatic carbocycles. The number of nitrogens with zero attached hydrogens (tertiary/aromatic N) is 2. The molecule has 2 atom stereocenters. The van der Waals surface area contributed by atoms with Crippen LogP contribution in [0.1, 0.15) is 45.4 Å². The maximum atomic E-state index is 13.0. The summed E-state index contributed by atoms with van der Waals surface area (Å²) < 4.78 is 29.6. The molecule has 0 spiro atoms. The second-order valence-corrected chi connectivity index (χ2v) is 8.90. The summed E-state index contributed by atoms with van der Waals surface area (Å²) in [5.41, 5.74) is 0. The van der Waals surface area contributed by atoms with Gasteiger partial charge in [0.15, 0.2) is 0 Å². The Morgan fingerprint density at radius 3 is 2.43 bits per heavy atom. The highest BCUT2D eigenvalue weighted by atomic mass is 32.2. The largest absolute Gasteiger partial charge is 0.317 e. The average molecular weight is 315 g/mol. The molecule has 0 saturated carbocycles. The number of rotatable bonds is 3. The molecule has 0 aromatic rings. The van der Waals surface area contributed by atoms with Gasteiger partial charge in [0.25, 0.3) is 10.2 Å². The third-order valence-corrected chi connectivity index (χ3v) is 7.45. The fraction of sp³-hybridized carbons (Fsp3) is 1.00. The van der Waals surface area contributed by atoms with Crippen LogP contribution in [0.15, 0.2) is 0 Å². The molecule has 3 saturated heterocycles. The molecule has 122 valence electrons. The van der Waals surface area contributed by atoms with Gasteiger partial charge in [-0.15, -0.1) is 0 Å². The highest BCUT2D eigenvalue weighted by Crippen LogP contribution is 2.33. The zero-order chi connectivity index (χ0) is 14.9. The van der Waals surface area contributed by atoms with E-state index in [4.69, 9.17) is 0 Å². The van der Waals surface area contributed by atoms with Crippen molar-refractivity contribution in [3.8, 4) is 0 Å². The summed E-state index contributed by atoms with van der Waals surface area (Å²) in [6.45, 7) is 6.38. The molecule has 0 radical (unpaired) electrons. The van der Waals surface area contributed by atoms with Crippen molar-refractivity contribution in [3.05, 3.63) is 0 Å². The van der Waals surface area contributed by atoms with Gasteiger partial charge in [-0.05, 0) is 63.5 Å². The Labute approximate surface area is 129 Å². The molecule has 0 aromatic carbocycles. The van der Waals surface area contributed by atoms with Gasteiger partial charge < -0.3 is 5.32 Å². The van der Waals surface area contributed by atoms with Crippen LogP contribution in [0.4, 0.5) is 0 Å². The molecule has 3 rings (SSSR count). The van der Waals surface area contributed by atoms with Crippen LogP contribution >= 0.6 is 0 Å².